The predicted molar refractivity (Wildman–Crippen MR) is 117 cm³/mol. The van der Waals surface area contributed by atoms with Gasteiger partial charge < -0.3 is 15.0 Å². The molecule has 0 radical (unpaired) electrons. The molecule has 168 valence electrons. The minimum Gasteiger partial charge on any atom is -0.433 e. The highest BCUT2D eigenvalue weighted by atomic mass is 32.2. The van der Waals surface area contributed by atoms with Gasteiger partial charge in [0.2, 0.25) is 0 Å². The number of hydrogen-bond donors (Lipinski definition) is 1. The number of piperazine rings is 1. The van der Waals surface area contributed by atoms with E-state index in [1.165, 1.54) is 16.4 Å². The van der Waals surface area contributed by atoms with Crippen LogP contribution in [0.3, 0.4) is 0 Å². The van der Waals surface area contributed by atoms with E-state index in [9.17, 15) is 17.2 Å². The summed E-state index contributed by atoms with van der Waals surface area (Å²) >= 11 is 0. The van der Waals surface area contributed by atoms with Crippen molar-refractivity contribution in [2.24, 2.45) is 5.92 Å². The van der Waals surface area contributed by atoms with Crippen LogP contribution >= 0.6 is 0 Å². The number of sulfonamides is 1. The average Bonchev–Trinajstić information content (AvgIpc) is 3.57. The van der Waals surface area contributed by atoms with Crippen LogP contribution in [0.4, 0.5) is 20.2 Å². The largest absolute Gasteiger partial charge is 0.433 e. The van der Waals surface area contributed by atoms with Crippen molar-refractivity contribution in [2.45, 2.75) is 31.3 Å². The number of rotatable bonds is 8. The van der Waals surface area contributed by atoms with Crippen LogP contribution in [-0.2, 0) is 10.0 Å². The number of benzene rings is 2. The summed E-state index contributed by atoms with van der Waals surface area (Å²) in [4.78, 5) is 2.32. The van der Waals surface area contributed by atoms with Gasteiger partial charge in [-0.15, -0.1) is 0 Å². The first kappa shape index (κ1) is 21.8. The van der Waals surface area contributed by atoms with E-state index in [4.69, 9.17) is 0 Å². The van der Waals surface area contributed by atoms with E-state index in [-0.39, 0.29) is 28.8 Å². The summed E-state index contributed by atoms with van der Waals surface area (Å²) in [7, 11) is -3.98. The molecule has 4 rings (SSSR count). The first-order chi connectivity index (χ1) is 14.9. The van der Waals surface area contributed by atoms with Gasteiger partial charge in [-0.25, -0.2) is 8.42 Å². The molecule has 2 aromatic rings. The number of halogens is 2. The maximum absolute atomic E-state index is 13.7. The number of alkyl halides is 2. The second kappa shape index (κ2) is 9.00. The number of hydrogen-bond acceptors (Lipinski definition) is 5. The van der Waals surface area contributed by atoms with Crippen LogP contribution in [0.2, 0.25) is 0 Å². The Morgan fingerprint density at radius 2 is 1.87 bits per heavy atom. The van der Waals surface area contributed by atoms with E-state index in [0.717, 1.165) is 50.3 Å². The Kier molecular flexibility index (Phi) is 6.34. The van der Waals surface area contributed by atoms with Crippen LogP contribution in [0.15, 0.2) is 47.4 Å². The van der Waals surface area contributed by atoms with Gasteiger partial charge in [-0.1, -0.05) is 18.2 Å². The van der Waals surface area contributed by atoms with Gasteiger partial charge >= 0.3 is 6.61 Å². The van der Waals surface area contributed by atoms with Crippen molar-refractivity contribution in [1.82, 2.24) is 5.32 Å². The van der Waals surface area contributed by atoms with Crippen LogP contribution < -0.4 is 19.3 Å². The highest BCUT2D eigenvalue weighted by Crippen LogP contribution is 2.39. The number of anilines is 2. The zero-order valence-electron chi connectivity index (χ0n) is 17.4. The lowest BCUT2D eigenvalue weighted by atomic mass is 10.1. The Labute approximate surface area is 181 Å². The summed E-state index contributed by atoms with van der Waals surface area (Å²) in [6.45, 7) is 2.42. The third-order valence-electron chi connectivity index (χ3n) is 5.70. The Bertz CT molecular complexity index is 1020. The van der Waals surface area contributed by atoms with Crippen molar-refractivity contribution in [3.63, 3.8) is 0 Å². The molecule has 2 aliphatic rings. The van der Waals surface area contributed by atoms with Crippen molar-refractivity contribution in [3.8, 4) is 5.75 Å². The molecule has 0 atom stereocenters. The Morgan fingerprint density at radius 3 is 2.55 bits per heavy atom. The fourth-order valence-corrected chi connectivity index (χ4v) is 5.41. The lowest BCUT2D eigenvalue weighted by Crippen LogP contribution is -2.44. The third kappa shape index (κ3) is 4.93. The second-order valence-corrected chi connectivity index (χ2v) is 9.87. The van der Waals surface area contributed by atoms with Crippen LogP contribution in [-0.4, -0.2) is 47.8 Å². The van der Waals surface area contributed by atoms with Gasteiger partial charge in [0, 0.05) is 38.4 Å². The number of aryl methyl sites for hydroxylation is 1. The van der Waals surface area contributed by atoms with E-state index >= 15 is 0 Å². The minimum atomic E-state index is -3.98. The number of para-hydroxylation sites is 2. The molecule has 0 amide bonds. The Hall–Kier alpha value is -2.39. The van der Waals surface area contributed by atoms with Gasteiger partial charge in [0.05, 0.1) is 10.6 Å². The third-order valence-corrected chi connectivity index (χ3v) is 7.47. The highest BCUT2D eigenvalue weighted by molar-refractivity contribution is 7.92. The zero-order valence-corrected chi connectivity index (χ0v) is 18.2. The molecule has 0 unspecified atom stereocenters. The van der Waals surface area contributed by atoms with Crippen molar-refractivity contribution < 1.29 is 21.9 Å². The first-order valence-corrected chi connectivity index (χ1v) is 11.9. The average molecular weight is 452 g/mol. The van der Waals surface area contributed by atoms with Crippen molar-refractivity contribution in [2.75, 3.05) is 41.9 Å². The Balaban J connectivity index is 1.74. The standard InChI is InChI=1S/C22H27F2N3O3S/c1-16-6-9-18(14-20(16)26-12-10-25-11-13-26)31(28,29)27(15-17-7-8-17)19-4-2-3-5-21(19)30-22(23)24/h2-6,9,14,17,22,25H,7-8,10-13,15H2,1H3. The summed E-state index contributed by atoms with van der Waals surface area (Å²) in [5.74, 6) is 0.0728. The van der Waals surface area contributed by atoms with E-state index in [1.54, 1.807) is 30.3 Å². The molecule has 1 heterocycles. The van der Waals surface area contributed by atoms with E-state index in [1.807, 2.05) is 6.92 Å². The smallest absolute Gasteiger partial charge is 0.387 e. The quantitative estimate of drug-likeness (QED) is 0.665. The molecule has 1 aliphatic carbocycles. The fraction of sp³-hybridized carbons (Fsp3) is 0.455. The molecule has 2 fully saturated rings. The summed E-state index contributed by atoms with van der Waals surface area (Å²) < 4.78 is 59.3. The molecule has 1 saturated heterocycles. The summed E-state index contributed by atoms with van der Waals surface area (Å²) in [6, 6.07) is 11.2. The molecule has 31 heavy (non-hydrogen) atoms. The molecule has 1 saturated carbocycles. The molecule has 6 nitrogen and oxygen atoms in total. The number of nitrogens with zero attached hydrogens (tertiary/aromatic N) is 2. The lowest BCUT2D eigenvalue weighted by molar-refractivity contribution is -0.0494. The van der Waals surface area contributed by atoms with Crippen molar-refractivity contribution >= 4 is 21.4 Å². The molecular weight excluding hydrogens is 424 g/mol. The van der Waals surface area contributed by atoms with Gasteiger partial charge in [0.25, 0.3) is 10.0 Å². The number of nitrogens with one attached hydrogen (secondary N) is 1. The van der Waals surface area contributed by atoms with Crippen LogP contribution in [0, 0.1) is 12.8 Å². The predicted octanol–water partition coefficient (Wildman–Crippen LogP) is 3.61. The van der Waals surface area contributed by atoms with Crippen molar-refractivity contribution in [1.29, 1.82) is 0 Å². The first-order valence-electron chi connectivity index (χ1n) is 10.5. The van der Waals surface area contributed by atoms with Crippen LogP contribution in [0.25, 0.3) is 0 Å². The molecular formula is C22H27F2N3O3S. The molecule has 0 spiro atoms. The summed E-state index contributed by atoms with van der Waals surface area (Å²) in [6.07, 6.45) is 1.84. The van der Waals surface area contributed by atoms with Gasteiger partial charge in [-0.05, 0) is 55.5 Å². The van der Waals surface area contributed by atoms with Crippen molar-refractivity contribution in [3.05, 3.63) is 48.0 Å². The maximum atomic E-state index is 13.7. The van der Waals surface area contributed by atoms with E-state index in [2.05, 4.69) is 15.0 Å². The monoisotopic (exact) mass is 451 g/mol. The maximum Gasteiger partial charge on any atom is 0.387 e. The van der Waals surface area contributed by atoms with Gasteiger partial charge in [0.1, 0.15) is 5.75 Å². The van der Waals surface area contributed by atoms with Gasteiger partial charge in [-0.3, -0.25) is 4.31 Å². The van der Waals surface area contributed by atoms with Crippen LogP contribution in [0.5, 0.6) is 5.75 Å². The SMILES string of the molecule is Cc1ccc(S(=O)(=O)N(CC2CC2)c2ccccc2OC(F)F)cc1N1CCNCC1. The second-order valence-electron chi connectivity index (χ2n) is 8.01. The molecule has 1 N–H and O–H groups in total. The Morgan fingerprint density at radius 1 is 1.16 bits per heavy atom. The molecule has 0 bridgehead atoms. The fourth-order valence-electron chi connectivity index (χ4n) is 3.84. The zero-order chi connectivity index (χ0) is 22.0. The summed E-state index contributed by atoms with van der Waals surface area (Å²) in [5.41, 5.74) is 2.01. The molecule has 9 heteroatoms. The molecule has 0 aromatic heterocycles. The normalized spacial score (nSPS) is 17.1. The van der Waals surface area contributed by atoms with E-state index < -0.39 is 16.6 Å². The minimum absolute atomic E-state index is 0.138. The number of ether oxygens (including phenoxy) is 1. The topological polar surface area (TPSA) is 61.9 Å². The molecule has 2 aromatic carbocycles. The van der Waals surface area contributed by atoms with E-state index in [0.29, 0.717) is 0 Å². The lowest BCUT2D eigenvalue weighted by Gasteiger charge is -2.32. The highest BCUT2D eigenvalue weighted by Gasteiger charge is 2.34. The van der Waals surface area contributed by atoms with Gasteiger partial charge in [-0.2, -0.15) is 8.78 Å². The molecule has 1 aliphatic heterocycles. The van der Waals surface area contributed by atoms with Gasteiger partial charge in [0.15, 0.2) is 0 Å². The summed E-state index contributed by atoms with van der Waals surface area (Å²) in [5, 5.41) is 3.30. The van der Waals surface area contributed by atoms with Crippen LogP contribution in [0.1, 0.15) is 18.4 Å².